The molecule has 0 amide bonds. The molecule has 0 fully saturated rings. The van der Waals surface area contributed by atoms with Crippen molar-refractivity contribution in [1.29, 1.82) is 0 Å². The molecule has 0 unspecified atom stereocenters. The van der Waals surface area contributed by atoms with Gasteiger partial charge in [0.2, 0.25) is 0 Å². The van der Waals surface area contributed by atoms with Crippen LogP contribution in [0, 0.1) is 0 Å². The molecular formula is C12H23NaO6S. The molecule has 0 heterocycles. The van der Waals surface area contributed by atoms with Crippen molar-refractivity contribution < 1.29 is 29.7 Å². The average molecular weight is 318 g/mol. The molecule has 0 rings (SSSR count). The number of aliphatic carboxylic acids is 3. The quantitative estimate of drug-likeness (QED) is 0.315. The minimum absolute atomic E-state index is 0. The molecule has 0 bridgehead atoms. The van der Waals surface area contributed by atoms with Gasteiger partial charge in [0.05, 0.1) is 0 Å². The number of hydrogen-bond acceptors (Lipinski definition) is 3. The molecule has 0 aliphatic rings. The Bertz CT molecular complexity index is 263. The van der Waals surface area contributed by atoms with Crippen molar-refractivity contribution >= 4 is 58.4 Å². The van der Waals surface area contributed by atoms with Crippen molar-refractivity contribution in [2.45, 2.75) is 38.5 Å². The summed E-state index contributed by atoms with van der Waals surface area (Å²) < 4.78 is 0. The summed E-state index contributed by atoms with van der Waals surface area (Å²) in [4.78, 5) is 31.3. The van der Waals surface area contributed by atoms with Crippen LogP contribution in [0.2, 0.25) is 0 Å². The zero-order valence-electron chi connectivity index (χ0n) is 10.9. The Morgan fingerprint density at radius 2 is 0.900 bits per heavy atom. The average Bonchev–Trinajstić information content (AvgIpc) is 2.26. The molecular weight excluding hydrogens is 295 g/mol. The van der Waals surface area contributed by atoms with Crippen LogP contribution in [0.4, 0.5) is 0 Å². The van der Waals surface area contributed by atoms with E-state index >= 15 is 0 Å². The van der Waals surface area contributed by atoms with Crippen LogP contribution in [-0.4, -0.2) is 80.0 Å². The molecule has 0 aliphatic carbocycles. The van der Waals surface area contributed by atoms with Gasteiger partial charge in [0.25, 0.3) is 0 Å². The van der Waals surface area contributed by atoms with Crippen LogP contribution in [-0.2, 0) is 14.4 Å². The Morgan fingerprint density at radius 3 is 1.10 bits per heavy atom. The molecule has 0 saturated heterocycles. The summed E-state index contributed by atoms with van der Waals surface area (Å²) in [6.45, 7) is 0. The Balaban J connectivity index is 0. The van der Waals surface area contributed by atoms with Gasteiger partial charge < -0.3 is 15.3 Å². The minimum atomic E-state index is -0.828. The zero-order chi connectivity index (χ0) is 14.7. The van der Waals surface area contributed by atoms with Gasteiger partial charge in [-0.15, -0.1) is 0 Å². The third-order valence-electron chi connectivity index (χ3n) is 2.59. The van der Waals surface area contributed by atoms with E-state index in [2.05, 4.69) is 0 Å². The Labute approximate surface area is 143 Å². The third-order valence-corrected chi connectivity index (χ3v) is 5.44. The van der Waals surface area contributed by atoms with Gasteiger partial charge in [-0.1, -0.05) is 0 Å². The topological polar surface area (TPSA) is 112 Å². The van der Waals surface area contributed by atoms with Crippen LogP contribution < -0.4 is 0 Å². The first-order chi connectivity index (χ1) is 8.91. The number of carbonyl (C=O) groups is 3. The maximum absolute atomic E-state index is 10.4. The molecule has 0 atom stereocenters. The van der Waals surface area contributed by atoms with E-state index in [1.54, 1.807) is 0 Å². The fourth-order valence-electron chi connectivity index (χ4n) is 1.70. The normalized spacial score (nSPS) is 10.5. The van der Waals surface area contributed by atoms with Crippen molar-refractivity contribution in [2.24, 2.45) is 0 Å². The number of thiol groups is 1. The SMILES string of the molecule is O=C(O)CCC[SH](CCCC(=O)O)CCCC(=O)O.[NaH]. The fraction of sp³-hybridized carbons (Fsp3) is 0.750. The molecule has 0 radical (unpaired) electrons. The number of hydrogen-bond donors (Lipinski definition) is 4. The summed E-state index contributed by atoms with van der Waals surface area (Å²) in [5.74, 6) is -0.147. The second-order valence-electron chi connectivity index (χ2n) is 4.33. The van der Waals surface area contributed by atoms with Crippen molar-refractivity contribution in [1.82, 2.24) is 0 Å². The summed E-state index contributed by atoms with van der Waals surface area (Å²) >= 11 is 0. The molecule has 0 saturated carbocycles. The van der Waals surface area contributed by atoms with Crippen molar-refractivity contribution in [3.63, 3.8) is 0 Å². The second-order valence-corrected chi connectivity index (χ2v) is 7.02. The van der Waals surface area contributed by atoms with Gasteiger partial charge in [-0.3, -0.25) is 25.3 Å². The van der Waals surface area contributed by atoms with Gasteiger partial charge in [0.15, 0.2) is 0 Å². The molecule has 8 heteroatoms. The van der Waals surface area contributed by atoms with Crippen LogP contribution >= 0.6 is 10.9 Å². The molecule has 0 aromatic rings. The summed E-state index contributed by atoms with van der Waals surface area (Å²) in [5.41, 5.74) is 0. The van der Waals surface area contributed by atoms with E-state index in [0.29, 0.717) is 19.3 Å². The molecule has 3 N–H and O–H groups in total. The van der Waals surface area contributed by atoms with E-state index in [0.717, 1.165) is 17.3 Å². The fourth-order valence-corrected chi connectivity index (χ4v) is 4.18. The van der Waals surface area contributed by atoms with Crippen LogP contribution in [0.15, 0.2) is 0 Å². The second kappa shape index (κ2) is 13.7. The van der Waals surface area contributed by atoms with E-state index in [9.17, 15) is 14.4 Å². The van der Waals surface area contributed by atoms with E-state index in [1.807, 2.05) is 0 Å². The summed E-state index contributed by atoms with van der Waals surface area (Å²) in [6, 6.07) is 0. The van der Waals surface area contributed by atoms with E-state index in [-0.39, 0.29) is 48.8 Å². The van der Waals surface area contributed by atoms with E-state index < -0.39 is 28.8 Å². The van der Waals surface area contributed by atoms with Crippen molar-refractivity contribution in [3.8, 4) is 0 Å². The van der Waals surface area contributed by atoms with Gasteiger partial charge in [-0.25, -0.2) is 0 Å². The van der Waals surface area contributed by atoms with Crippen LogP contribution in [0.25, 0.3) is 0 Å². The summed E-state index contributed by atoms with van der Waals surface area (Å²) in [7, 11) is -0.443. The van der Waals surface area contributed by atoms with Crippen LogP contribution in [0.5, 0.6) is 0 Å². The van der Waals surface area contributed by atoms with E-state index in [1.165, 1.54) is 0 Å². The zero-order valence-corrected chi connectivity index (χ0v) is 11.8. The van der Waals surface area contributed by atoms with Crippen LogP contribution in [0.3, 0.4) is 0 Å². The van der Waals surface area contributed by atoms with Crippen LogP contribution in [0.1, 0.15) is 38.5 Å². The van der Waals surface area contributed by atoms with E-state index in [4.69, 9.17) is 15.3 Å². The first kappa shape index (κ1) is 22.0. The number of carboxylic acid groups (broad SMARTS) is 3. The molecule has 20 heavy (non-hydrogen) atoms. The Morgan fingerprint density at radius 1 is 0.650 bits per heavy atom. The predicted molar refractivity (Wildman–Crippen MR) is 81.3 cm³/mol. The van der Waals surface area contributed by atoms with Crippen molar-refractivity contribution in [2.75, 3.05) is 17.3 Å². The first-order valence-corrected chi connectivity index (χ1v) is 8.19. The molecule has 0 aliphatic heterocycles. The monoisotopic (exact) mass is 318 g/mol. The van der Waals surface area contributed by atoms with Gasteiger partial charge in [-0.05, 0) is 36.5 Å². The Hall–Kier alpha value is -0.240. The van der Waals surface area contributed by atoms with Crippen molar-refractivity contribution in [3.05, 3.63) is 0 Å². The van der Waals surface area contributed by atoms with Gasteiger partial charge in [0.1, 0.15) is 0 Å². The summed E-state index contributed by atoms with van der Waals surface area (Å²) in [6.07, 6.45) is 2.12. The third kappa shape index (κ3) is 15.8. The first-order valence-electron chi connectivity index (χ1n) is 6.29. The van der Waals surface area contributed by atoms with Gasteiger partial charge in [0, 0.05) is 19.3 Å². The standard InChI is InChI=1S/C12H22O6S.Na.H/c13-10(14)4-1-7-19(8-2-5-11(15)16)9-3-6-12(17)18;;/h19H,1-9H2,(H,13,14)(H,15,16)(H,17,18);;. The van der Waals surface area contributed by atoms with Gasteiger partial charge >= 0.3 is 47.5 Å². The predicted octanol–water partition coefficient (Wildman–Crippen LogP) is 0.934. The molecule has 0 spiro atoms. The number of carboxylic acids is 3. The molecule has 114 valence electrons. The number of rotatable bonds is 12. The Kier molecular flexibility index (Phi) is 15.1. The summed E-state index contributed by atoms with van der Waals surface area (Å²) in [5, 5.41) is 25.7. The molecule has 0 aromatic carbocycles. The molecule has 6 nitrogen and oxygen atoms in total. The maximum atomic E-state index is 10.4. The molecule has 0 aromatic heterocycles. The van der Waals surface area contributed by atoms with Gasteiger partial charge in [-0.2, -0.15) is 0 Å².